The average Bonchev–Trinajstić information content (AvgIpc) is 2.60. The molecule has 0 radical (unpaired) electrons. The van der Waals surface area contributed by atoms with Crippen LogP contribution in [0.15, 0.2) is 30.5 Å². The first kappa shape index (κ1) is 17.8. The van der Waals surface area contributed by atoms with E-state index in [9.17, 15) is 13.6 Å². The molecule has 0 saturated heterocycles. The van der Waals surface area contributed by atoms with Crippen molar-refractivity contribution in [3.8, 4) is 11.5 Å². The molecular weight excluding hydrogens is 324 g/mol. The van der Waals surface area contributed by atoms with E-state index in [2.05, 4.69) is 4.98 Å². The molecule has 24 heavy (non-hydrogen) atoms. The summed E-state index contributed by atoms with van der Waals surface area (Å²) < 4.78 is 46.9. The van der Waals surface area contributed by atoms with Crippen molar-refractivity contribution in [2.24, 2.45) is 0 Å². The third-order valence-electron chi connectivity index (χ3n) is 2.92. The van der Waals surface area contributed by atoms with Gasteiger partial charge in [0.25, 0.3) is 0 Å². The lowest BCUT2D eigenvalue weighted by Gasteiger charge is -2.12. The second-order valence-electron chi connectivity index (χ2n) is 4.54. The van der Waals surface area contributed by atoms with Crippen molar-refractivity contribution in [2.45, 2.75) is 0 Å². The molecule has 0 amide bonds. The Labute approximate surface area is 136 Å². The molecule has 2 aromatic rings. The molecule has 6 nitrogen and oxygen atoms in total. The van der Waals surface area contributed by atoms with Crippen LogP contribution in [0.25, 0.3) is 0 Å². The highest BCUT2D eigenvalue weighted by Gasteiger charge is 2.23. The highest BCUT2D eigenvalue weighted by atomic mass is 19.2. The van der Waals surface area contributed by atoms with E-state index in [1.54, 1.807) is 6.07 Å². The number of carbonyl (C=O) groups excluding carboxylic acids is 1. The Morgan fingerprint density at radius 2 is 1.67 bits per heavy atom. The lowest BCUT2D eigenvalue weighted by molar-refractivity contribution is 0.0491. The Bertz CT molecular complexity index is 724. The number of ether oxygens (including phenoxy) is 4. The normalized spacial score (nSPS) is 10.5. The summed E-state index contributed by atoms with van der Waals surface area (Å²) >= 11 is 0. The minimum atomic E-state index is -1.18. The smallest absolute Gasteiger partial charge is 0.218 e. The number of ketones is 1. The predicted molar refractivity (Wildman–Crippen MR) is 79.0 cm³/mol. The van der Waals surface area contributed by atoms with Gasteiger partial charge in [-0.25, -0.2) is 13.8 Å². The van der Waals surface area contributed by atoms with Crippen molar-refractivity contribution in [1.82, 2.24) is 4.98 Å². The number of hydrogen-bond donors (Lipinski definition) is 0. The van der Waals surface area contributed by atoms with Crippen molar-refractivity contribution < 1.29 is 32.5 Å². The van der Waals surface area contributed by atoms with E-state index in [-0.39, 0.29) is 36.3 Å². The van der Waals surface area contributed by atoms with E-state index in [1.807, 2.05) is 0 Å². The molecule has 1 aromatic heterocycles. The summed E-state index contributed by atoms with van der Waals surface area (Å²) in [5.74, 6) is -3.03. The summed E-state index contributed by atoms with van der Waals surface area (Å²) in [5.41, 5.74) is -0.283. The molecule has 0 aliphatic rings. The van der Waals surface area contributed by atoms with Crippen LogP contribution in [0.1, 0.15) is 16.1 Å². The Morgan fingerprint density at radius 3 is 2.33 bits per heavy atom. The molecule has 8 heteroatoms. The number of aromatic nitrogens is 1. The monoisotopic (exact) mass is 339 g/mol. The number of rotatable bonds is 8. The maximum Gasteiger partial charge on any atom is 0.218 e. The van der Waals surface area contributed by atoms with Gasteiger partial charge in [-0.15, -0.1) is 0 Å². The summed E-state index contributed by atoms with van der Waals surface area (Å²) in [6.07, 6.45) is 1.38. The molecule has 0 aliphatic carbocycles. The van der Waals surface area contributed by atoms with Gasteiger partial charge in [-0.05, 0) is 18.2 Å². The van der Waals surface area contributed by atoms with Gasteiger partial charge >= 0.3 is 0 Å². The second-order valence-corrected chi connectivity index (χ2v) is 4.54. The fourth-order valence-corrected chi connectivity index (χ4v) is 1.88. The Hall–Kier alpha value is -2.58. The van der Waals surface area contributed by atoms with Crippen LogP contribution in [0, 0.1) is 11.6 Å². The van der Waals surface area contributed by atoms with E-state index in [4.69, 9.17) is 18.9 Å². The molecule has 1 aromatic carbocycles. The summed E-state index contributed by atoms with van der Waals surface area (Å²) in [6.45, 7) is -0.336. The first-order chi connectivity index (χ1) is 11.6. The van der Waals surface area contributed by atoms with Crippen molar-refractivity contribution in [3.63, 3.8) is 0 Å². The van der Waals surface area contributed by atoms with E-state index >= 15 is 0 Å². The minimum Gasteiger partial charge on any atom is -0.467 e. The number of hydrogen-bond acceptors (Lipinski definition) is 6. The van der Waals surface area contributed by atoms with Crippen molar-refractivity contribution in [2.75, 3.05) is 27.8 Å². The van der Waals surface area contributed by atoms with Gasteiger partial charge in [-0.1, -0.05) is 0 Å². The second kappa shape index (κ2) is 8.32. The first-order valence-corrected chi connectivity index (χ1v) is 6.80. The van der Waals surface area contributed by atoms with Gasteiger partial charge in [0, 0.05) is 26.5 Å². The van der Waals surface area contributed by atoms with Crippen LogP contribution in [-0.2, 0) is 9.47 Å². The zero-order valence-electron chi connectivity index (χ0n) is 13.0. The number of methoxy groups -OCH3 is 2. The lowest BCUT2D eigenvalue weighted by Crippen LogP contribution is -2.12. The molecule has 0 unspecified atom stereocenters. The minimum absolute atomic E-state index is 0.0807. The quantitative estimate of drug-likeness (QED) is 0.544. The highest BCUT2D eigenvalue weighted by Crippen LogP contribution is 2.27. The van der Waals surface area contributed by atoms with Gasteiger partial charge < -0.3 is 18.9 Å². The lowest BCUT2D eigenvalue weighted by atomic mass is 10.1. The van der Waals surface area contributed by atoms with Crippen LogP contribution in [0.2, 0.25) is 0 Å². The van der Waals surface area contributed by atoms with Gasteiger partial charge in [0.2, 0.25) is 5.78 Å². The Balaban J connectivity index is 2.44. The van der Waals surface area contributed by atoms with E-state index in [0.29, 0.717) is 0 Å². The van der Waals surface area contributed by atoms with Gasteiger partial charge in [-0.2, -0.15) is 0 Å². The van der Waals surface area contributed by atoms with Crippen LogP contribution >= 0.6 is 0 Å². The van der Waals surface area contributed by atoms with E-state index < -0.39 is 17.4 Å². The summed E-state index contributed by atoms with van der Waals surface area (Å²) in [5, 5.41) is 0. The number of halogens is 2. The largest absolute Gasteiger partial charge is 0.467 e. The third-order valence-corrected chi connectivity index (χ3v) is 2.92. The highest BCUT2D eigenvalue weighted by molar-refractivity contribution is 6.11. The molecule has 0 saturated carbocycles. The maximum absolute atomic E-state index is 13.6. The maximum atomic E-state index is 13.6. The molecule has 0 fully saturated rings. The summed E-state index contributed by atoms with van der Waals surface area (Å²) in [4.78, 5) is 16.6. The SMILES string of the molecule is COCOc1cc(F)c(F)cc1C(=O)c1ncccc1OCOC. The fraction of sp³-hybridized carbons (Fsp3) is 0.250. The molecule has 0 bridgehead atoms. The third kappa shape index (κ3) is 4.03. The van der Waals surface area contributed by atoms with Crippen LogP contribution in [0.3, 0.4) is 0 Å². The van der Waals surface area contributed by atoms with Crippen molar-refractivity contribution >= 4 is 5.78 Å². The molecule has 0 aliphatic heterocycles. The Morgan fingerprint density at radius 1 is 1.04 bits per heavy atom. The number of carbonyl (C=O) groups is 1. The molecule has 2 rings (SSSR count). The predicted octanol–water partition coefficient (Wildman–Crippen LogP) is 2.56. The molecule has 1 heterocycles. The zero-order valence-corrected chi connectivity index (χ0v) is 13.0. The Kier molecular flexibility index (Phi) is 6.16. The zero-order chi connectivity index (χ0) is 17.5. The van der Waals surface area contributed by atoms with Crippen LogP contribution in [0.4, 0.5) is 8.78 Å². The van der Waals surface area contributed by atoms with E-state index in [1.165, 1.54) is 26.5 Å². The fourth-order valence-electron chi connectivity index (χ4n) is 1.88. The molecule has 0 spiro atoms. The van der Waals surface area contributed by atoms with Crippen molar-refractivity contribution in [1.29, 1.82) is 0 Å². The van der Waals surface area contributed by atoms with Crippen LogP contribution in [0.5, 0.6) is 11.5 Å². The number of nitrogens with zero attached hydrogens (tertiary/aromatic N) is 1. The number of benzene rings is 1. The molecule has 0 N–H and O–H groups in total. The van der Waals surface area contributed by atoms with E-state index in [0.717, 1.165) is 12.1 Å². The van der Waals surface area contributed by atoms with Gasteiger partial charge in [-0.3, -0.25) is 4.79 Å². The van der Waals surface area contributed by atoms with Gasteiger partial charge in [0.1, 0.15) is 5.75 Å². The molecule has 128 valence electrons. The molecule has 0 atom stereocenters. The van der Waals surface area contributed by atoms with Crippen LogP contribution in [-0.4, -0.2) is 38.6 Å². The average molecular weight is 339 g/mol. The first-order valence-electron chi connectivity index (χ1n) is 6.80. The van der Waals surface area contributed by atoms with Crippen LogP contribution < -0.4 is 9.47 Å². The number of pyridine rings is 1. The van der Waals surface area contributed by atoms with Gasteiger partial charge in [0.05, 0.1) is 5.56 Å². The summed E-state index contributed by atoms with van der Waals surface area (Å²) in [7, 11) is 2.78. The van der Waals surface area contributed by atoms with Crippen molar-refractivity contribution in [3.05, 3.63) is 53.4 Å². The standard InChI is InChI=1S/C16H15F2NO5/c1-21-8-23-13-4-3-5-19-15(13)16(20)10-6-11(17)12(18)7-14(10)24-9-22-2/h3-7H,8-9H2,1-2H3. The summed E-state index contributed by atoms with van der Waals surface area (Å²) in [6, 6.07) is 4.60. The van der Waals surface area contributed by atoms with Gasteiger partial charge in [0.15, 0.2) is 36.7 Å². The molecular formula is C16H15F2NO5. The topological polar surface area (TPSA) is 66.9 Å².